The summed E-state index contributed by atoms with van der Waals surface area (Å²) in [6.45, 7) is 3.11. The number of ether oxygens (including phenoxy) is 1. The summed E-state index contributed by atoms with van der Waals surface area (Å²) in [7, 11) is 0. The molecule has 4 rings (SSSR count). The molecule has 7 heteroatoms. The first-order valence-electron chi connectivity index (χ1n) is 8.72. The first-order valence-corrected chi connectivity index (χ1v) is 9.60. The van der Waals surface area contributed by atoms with Crippen LogP contribution < -0.4 is 5.32 Å². The molecule has 0 spiro atoms. The molecule has 0 bridgehead atoms. The van der Waals surface area contributed by atoms with E-state index in [1.807, 2.05) is 22.4 Å². The van der Waals surface area contributed by atoms with Crippen LogP contribution in [0.5, 0.6) is 0 Å². The molecule has 2 aliphatic rings. The summed E-state index contributed by atoms with van der Waals surface area (Å²) >= 11 is 1.51. The van der Waals surface area contributed by atoms with E-state index in [0.29, 0.717) is 5.95 Å². The third-order valence-corrected chi connectivity index (χ3v) is 6.12. The summed E-state index contributed by atoms with van der Waals surface area (Å²) in [5.41, 5.74) is 0.0347. The molecule has 2 aromatic heterocycles. The zero-order chi connectivity index (χ0) is 17.1. The highest BCUT2D eigenvalue weighted by atomic mass is 32.1. The summed E-state index contributed by atoms with van der Waals surface area (Å²) in [6, 6.07) is 5.65. The highest BCUT2D eigenvalue weighted by molar-refractivity contribution is 7.12. The molecule has 0 radical (unpaired) electrons. The molecule has 1 N–H and O–H groups in total. The fourth-order valence-corrected chi connectivity index (χ4v) is 4.64. The number of nitrogens with zero attached hydrogens (tertiary/aromatic N) is 3. The average Bonchev–Trinajstić information content (AvgIpc) is 3.31. The fraction of sp³-hybridized carbons (Fsp3) is 0.500. The highest BCUT2D eigenvalue weighted by Gasteiger charge is 2.48. The quantitative estimate of drug-likeness (QED) is 0.890. The van der Waals surface area contributed by atoms with Crippen molar-refractivity contribution in [3.8, 4) is 0 Å². The SMILES string of the molecule is O=C(c1cccs1)N1CC[C@@H]2OCC[C@]2(CCNc2ncccn2)C1. The Bertz CT molecular complexity index is 709. The molecule has 132 valence electrons. The number of fused-ring (bicyclic) bond motifs is 1. The monoisotopic (exact) mass is 358 g/mol. The van der Waals surface area contributed by atoms with E-state index in [0.717, 1.165) is 50.4 Å². The number of anilines is 1. The molecule has 0 unspecified atom stereocenters. The first kappa shape index (κ1) is 16.5. The smallest absolute Gasteiger partial charge is 0.263 e. The Kier molecular flexibility index (Phi) is 4.67. The molecule has 0 aliphatic carbocycles. The van der Waals surface area contributed by atoms with Crippen molar-refractivity contribution in [2.75, 3.05) is 31.6 Å². The van der Waals surface area contributed by atoms with Gasteiger partial charge in [-0.25, -0.2) is 9.97 Å². The van der Waals surface area contributed by atoms with Crippen molar-refractivity contribution in [3.05, 3.63) is 40.8 Å². The van der Waals surface area contributed by atoms with Gasteiger partial charge in [0.25, 0.3) is 5.91 Å². The van der Waals surface area contributed by atoms with E-state index in [-0.39, 0.29) is 17.4 Å². The number of nitrogens with one attached hydrogen (secondary N) is 1. The van der Waals surface area contributed by atoms with Crippen molar-refractivity contribution in [1.29, 1.82) is 0 Å². The second-order valence-corrected chi connectivity index (χ2v) is 7.66. The van der Waals surface area contributed by atoms with Gasteiger partial charge in [-0.2, -0.15) is 0 Å². The Hall–Kier alpha value is -1.99. The maximum absolute atomic E-state index is 12.7. The lowest BCUT2D eigenvalue weighted by atomic mass is 9.74. The van der Waals surface area contributed by atoms with E-state index in [1.165, 1.54) is 11.3 Å². The summed E-state index contributed by atoms with van der Waals surface area (Å²) in [6.07, 6.45) is 6.58. The van der Waals surface area contributed by atoms with E-state index in [2.05, 4.69) is 15.3 Å². The van der Waals surface area contributed by atoms with E-state index in [4.69, 9.17) is 4.74 Å². The Balaban J connectivity index is 1.43. The molecule has 2 saturated heterocycles. The lowest BCUT2D eigenvalue weighted by Crippen LogP contribution is -2.52. The molecule has 2 aliphatic heterocycles. The van der Waals surface area contributed by atoms with Gasteiger partial charge in [0.05, 0.1) is 11.0 Å². The minimum Gasteiger partial charge on any atom is -0.377 e. The Morgan fingerprint density at radius 1 is 1.40 bits per heavy atom. The molecular weight excluding hydrogens is 336 g/mol. The number of rotatable bonds is 5. The molecule has 1 amide bonds. The zero-order valence-electron chi connectivity index (χ0n) is 14.1. The van der Waals surface area contributed by atoms with Crippen molar-refractivity contribution in [2.45, 2.75) is 25.4 Å². The van der Waals surface area contributed by atoms with Gasteiger partial charge in [-0.15, -0.1) is 11.3 Å². The van der Waals surface area contributed by atoms with Crippen LogP contribution in [-0.2, 0) is 4.74 Å². The summed E-state index contributed by atoms with van der Waals surface area (Å²) < 4.78 is 5.99. The van der Waals surface area contributed by atoms with Crippen LogP contribution >= 0.6 is 11.3 Å². The number of likely N-dealkylation sites (tertiary alicyclic amines) is 1. The maximum Gasteiger partial charge on any atom is 0.263 e. The number of aromatic nitrogens is 2. The second kappa shape index (κ2) is 7.09. The normalized spacial score (nSPS) is 25.6. The van der Waals surface area contributed by atoms with Gasteiger partial charge < -0.3 is 15.0 Å². The molecule has 0 saturated carbocycles. The van der Waals surface area contributed by atoms with Crippen molar-refractivity contribution >= 4 is 23.2 Å². The largest absolute Gasteiger partial charge is 0.377 e. The summed E-state index contributed by atoms with van der Waals surface area (Å²) in [5.74, 6) is 0.802. The predicted octanol–water partition coefficient (Wildman–Crippen LogP) is 2.66. The van der Waals surface area contributed by atoms with Gasteiger partial charge >= 0.3 is 0 Å². The highest BCUT2D eigenvalue weighted by Crippen LogP contribution is 2.43. The zero-order valence-corrected chi connectivity index (χ0v) is 14.9. The van der Waals surface area contributed by atoms with Gasteiger partial charge in [-0.05, 0) is 36.8 Å². The van der Waals surface area contributed by atoms with Crippen molar-refractivity contribution in [2.24, 2.45) is 5.41 Å². The predicted molar refractivity (Wildman–Crippen MR) is 96.8 cm³/mol. The second-order valence-electron chi connectivity index (χ2n) is 6.71. The Labute approximate surface area is 151 Å². The molecular formula is C18H22N4O2S. The number of hydrogen-bond donors (Lipinski definition) is 1. The molecule has 2 atom stereocenters. The molecule has 2 aromatic rings. The van der Waals surface area contributed by atoms with Gasteiger partial charge in [-0.3, -0.25) is 4.79 Å². The third-order valence-electron chi connectivity index (χ3n) is 5.26. The van der Waals surface area contributed by atoms with Gasteiger partial charge in [0.15, 0.2) is 0 Å². The minimum atomic E-state index is 0.0347. The molecule has 0 aromatic carbocycles. The lowest BCUT2D eigenvalue weighted by molar-refractivity contribution is -0.0148. The van der Waals surface area contributed by atoms with Crippen molar-refractivity contribution < 1.29 is 9.53 Å². The van der Waals surface area contributed by atoms with Crippen LogP contribution in [0.4, 0.5) is 5.95 Å². The van der Waals surface area contributed by atoms with Gasteiger partial charge in [0, 0.05) is 44.0 Å². The van der Waals surface area contributed by atoms with Crippen LogP contribution in [0, 0.1) is 5.41 Å². The number of hydrogen-bond acceptors (Lipinski definition) is 6. The van der Waals surface area contributed by atoms with E-state index >= 15 is 0 Å². The van der Waals surface area contributed by atoms with Crippen LogP contribution in [0.1, 0.15) is 28.9 Å². The van der Waals surface area contributed by atoms with Crippen LogP contribution in [0.3, 0.4) is 0 Å². The molecule has 6 nitrogen and oxygen atoms in total. The van der Waals surface area contributed by atoms with Crippen molar-refractivity contribution in [3.63, 3.8) is 0 Å². The Morgan fingerprint density at radius 3 is 3.08 bits per heavy atom. The minimum absolute atomic E-state index is 0.0347. The number of thiophene rings is 1. The van der Waals surface area contributed by atoms with Crippen LogP contribution in [0.2, 0.25) is 0 Å². The molecule has 4 heterocycles. The average molecular weight is 358 g/mol. The van der Waals surface area contributed by atoms with Gasteiger partial charge in [-0.1, -0.05) is 6.07 Å². The number of piperidine rings is 1. The van der Waals surface area contributed by atoms with Crippen LogP contribution in [-0.4, -0.2) is 53.1 Å². The van der Waals surface area contributed by atoms with E-state index < -0.39 is 0 Å². The van der Waals surface area contributed by atoms with E-state index in [1.54, 1.807) is 18.5 Å². The van der Waals surface area contributed by atoms with Gasteiger partial charge in [0.2, 0.25) is 5.95 Å². The standard InChI is InChI=1S/C18H22N4O2S/c23-16(14-3-1-12-25-14)22-10-4-15-18(13-22,6-11-24-15)5-9-21-17-19-7-2-8-20-17/h1-3,7-8,12,15H,4-6,9-11,13H2,(H,19,20,21)/t15-,18+/m0/s1. The van der Waals surface area contributed by atoms with Crippen LogP contribution in [0.25, 0.3) is 0 Å². The molecule has 2 fully saturated rings. The summed E-state index contributed by atoms with van der Waals surface area (Å²) in [5, 5.41) is 5.25. The number of carbonyl (C=O) groups is 1. The lowest BCUT2D eigenvalue weighted by Gasteiger charge is -2.43. The fourth-order valence-electron chi connectivity index (χ4n) is 3.95. The topological polar surface area (TPSA) is 67.3 Å². The summed E-state index contributed by atoms with van der Waals surface area (Å²) in [4.78, 5) is 24.0. The van der Waals surface area contributed by atoms with E-state index in [9.17, 15) is 4.79 Å². The number of carbonyl (C=O) groups excluding carboxylic acids is 1. The van der Waals surface area contributed by atoms with Crippen molar-refractivity contribution in [1.82, 2.24) is 14.9 Å². The Morgan fingerprint density at radius 2 is 2.28 bits per heavy atom. The third kappa shape index (κ3) is 3.39. The molecule has 25 heavy (non-hydrogen) atoms. The maximum atomic E-state index is 12.7. The van der Waals surface area contributed by atoms with Crippen LogP contribution in [0.15, 0.2) is 36.0 Å². The number of amides is 1. The van der Waals surface area contributed by atoms with Gasteiger partial charge in [0.1, 0.15) is 0 Å². The first-order chi connectivity index (χ1) is 12.3.